The fraction of sp³-hybridized carbons (Fsp3) is 0.519. The third-order valence-electron chi connectivity index (χ3n) is 7.20. The second-order valence-corrected chi connectivity index (χ2v) is 18.1. The lowest BCUT2D eigenvalue weighted by Gasteiger charge is -2.39. The van der Waals surface area contributed by atoms with Crippen LogP contribution in [0.25, 0.3) is 0 Å². The maximum absolute atomic E-state index is 14.8. The number of sulfonamides is 1. The van der Waals surface area contributed by atoms with Crippen molar-refractivity contribution in [3.8, 4) is 0 Å². The van der Waals surface area contributed by atoms with Crippen LogP contribution in [0.3, 0.4) is 0 Å². The summed E-state index contributed by atoms with van der Waals surface area (Å²) >= 11 is 0. The molecule has 2 aromatic carbocycles. The number of amidine groups is 1. The first kappa shape index (κ1) is 28.3. The third-order valence-corrected chi connectivity index (χ3v) is 13.7. The molecule has 0 amide bonds. The molecular weight excluding hydrogens is 495 g/mol. The fourth-order valence-corrected chi connectivity index (χ4v) is 6.71. The van der Waals surface area contributed by atoms with E-state index in [0.29, 0.717) is 25.0 Å². The molecule has 1 aliphatic rings. The Kier molecular flexibility index (Phi) is 8.37. The minimum absolute atomic E-state index is 0.0340. The summed E-state index contributed by atoms with van der Waals surface area (Å²) in [4.78, 5) is 4.58. The summed E-state index contributed by atoms with van der Waals surface area (Å²) < 4.78 is 56.3. The van der Waals surface area contributed by atoms with Gasteiger partial charge in [0.15, 0.2) is 8.32 Å². The second kappa shape index (κ2) is 10.6. The minimum atomic E-state index is -3.80. The Labute approximate surface area is 216 Å². The Balaban J connectivity index is 1.87. The van der Waals surface area contributed by atoms with E-state index in [4.69, 9.17) is 9.16 Å². The predicted octanol–water partition coefficient (Wildman–Crippen LogP) is 5.97. The maximum Gasteiger partial charge on any atom is 0.299 e. The van der Waals surface area contributed by atoms with Gasteiger partial charge in [0.2, 0.25) is 10.0 Å². The van der Waals surface area contributed by atoms with Gasteiger partial charge in [0.05, 0.1) is 6.04 Å². The van der Waals surface area contributed by atoms with E-state index in [1.165, 1.54) is 6.07 Å². The zero-order valence-electron chi connectivity index (χ0n) is 22.3. The molecule has 2 aromatic rings. The van der Waals surface area contributed by atoms with Crippen LogP contribution < -0.4 is 4.72 Å². The Morgan fingerprint density at radius 3 is 2.31 bits per heavy atom. The van der Waals surface area contributed by atoms with Crippen LogP contribution in [0.5, 0.6) is 0 Å². The molecule has 0 bridgehead atoms. The molecule has 0 aliphatic carbocycles. The summed E-state index contributed by atoms with van der Waals surface area (Å²) in [5.74, 6) is -0.404. The molecule has 2 atom stereocenters. The van der Waals surface area contributed by atoms with Crippen LogP contribution in [-0.4, -0.2) is 40.2 Å². The lowest BCUT2D eigenvalue weighted by Crippen LogP contribution is -2.59. The number of benzene rings is 2. The van der Waals surface area contributed by atoms with Gasteiger partial charge in [-0.05, 0) is 56.5 Å². The SMILES string of the molecule is CC1(C)OC(=N[C@@H](CCO[Si](C)(C)C(C)(C)C)c2ccccc2F)NS(=O)(=O)C1Cc1ccccc1. The van der Waals surface area contributed by atoms with Crippen molar-refractivity contribution in [2.45, 2.75) is 82.5 Å². The molecular formula is C27H39FN2O4SSi. The van der Waals surface area contributed by atoms with Gasteiger partial charge in [0, 0.05) is 12.2 Å². The topological polar surface area (TPSA) is 77.0 Å². The first-order chi connectivity index (χ1) is 16.6. The number of hydrogen-bond donors (Lipinski definition) is 1. The molecule has 0 radical (unpaired) electrons. The number of aliphatic imine (C=N–C) groups is 1. The van der Waals surface area contributed by atoms with Crippen molar-refractivity contribution < 1.29 is 22.0 Å². The first-order valence-electron chi connectivity index (χ1n) is 12.3. The molecule has 1 heterocycles. The van der Waals surface area contributed by atoms with E-state index >= 15 is 0 Å². The number of halogens is 1. The molecule has 0 saturated carbocycles. The summed E-state index contributed by atoms with van der Waals surface area (Å²) in [5, 5.41) is -0.785. The van der Waals surface area contributed by atoms with Crippen molar-refractivity contribution in [3.05, 3.63) is 71.5 Å². The highest BCUT2D eigenvalue weighted by Crippen LogP contribution is 2.37. The number of rotatable bonds is 8. The number of nitrogens with one attached hydrogen (secondary N) is 1. The summed E-state index contributed by atoms with van der Waals surface area (Å²) in [5.41, 5.74) is 0.226. The lowest BCUT2D eigenvalue weighted by molar-refractivity contribution is 0.0759. The molecule has 1 saturated heterocycles. The monoisotopic (exact) mass is 534 g/mol. The van der Waals surface area contributed by atoms with E-state index in [9.17, 15) is 12.8 Å². The van der Waals surface area contributed by atoms with Crippen molar-refractivity contribution in [2.24, 2.45) is 4.99 Å². The van der Waals surface area contributed by atoms with Gasteiger partial charge in [-0.3, -0.25) is 0 Å². The molecule has 9 heteroatoms. The Hall–Kier alpha value is -2.23. The molecule has 1 aliphatic heterocycles. The quantitative estimate of drug-likeness (QED) is 0.423. The van der Waals surface area contributed by atoms with Crippen LogP contribution >= 0.6 is 0 Å². The largest absolute Gasteiger partial charge is 0.457 e. The molecule has 0 spiro atoms. The van der Waals surface area contributed by atoms with Gasteiger partial charge < -0.3 is 9.16 Å². The fourth-order valence-electron chi connectivity index (χ4n) is 3.96. The van der Waals surface area contributed by atoms with Crippen LogP contribution in [0.15, 0.2) is 59.6 Å². The van der Waals surface area contributed by atoms with Crippen LogP contribution in [0, 0.1) is 5.82 Å². The van der Waals surface area contributed by atoms with E-state index in [1.54, 1.807) is 32.0 Å². The van der Waals surface area contributed by atoms with E-state index in [1.807, 2.05) is 30.3 Å². The summed E-state index contributed by atoms with van der Waals surface area (Å²) in [6.07, 6.45) is 0.684. The summed E-state index contributed by atoms with van der Waals surface area (Å²) in [6, 6.07) is 15.0. The Morgan fingerprint density at radius 2 is 1.72 bits per heavy atom. The van der Waals surface area contributed by atoms with Crippen molar-refractivity contribution >= 4 is 24.4 Å². The number of hydrogen-bond acceptors (Lipinski definition) is 5. The maximum atomic E-state index is 14.8. The average molecular weight is 535 g/mol. The molecule has 1 fully saturated rings. The Morgan fingerprint density at radius 1 is 1.11 bits per heavy atom. The minimum Gasteiger partial charge on any atom is -0.457 e. The molecule has 1 unspecified atom stereocenters. The number of ether oxygens (including phenoxy) is 1. The highest BCUT2D eigenvalue weighted by Gasteiger charge is 2.47. The van der Waals surface area contributed by atoms with Crippen LogP contribution in [0.1, 0.15) is 58.2 Å². The zero-order valence-corrected chi connectivity index (χ0v) is 24.2. The third kappa shape index (κ3) is 6.75. The van der Waals surface area contributed by atoms with Gasteiger partial charge in [-0.1, -0.05) is 69.3 Å². The smallest absolute Gasteiger partial charge is 0.299 e. The van der Waals surface area contributed by atoms with Crippen LogP contribution in [-0.2, 0) is 25.6 Å². The molecule has 36 heavy (non-hydrogen) atoms. The van der Waals surface area contributed by atoms with Crippen molar-refractivity contribution in [1.82, 2.24) is 4.72 Å². The standard InChI is InChI=1S/C27H39FN2O4SSi/c1-26(2,3)36(6,7)33-18-17-23(21-15-11-12-16-22(21)28)29-25-30-35(31,32)24(27(4,5)34-25)19-20-13-9-8-10-14-20/h8-16,23-24H,17-19H2,1-7H3,(H,29,30)/t23-,24?/m0/s1. The number of nitrogens with zero attached hydrogens (tertiary/aromatic N) is 1. The van der Waals surface area contributed by atoms with Crippen LogP contribution in [0.4, 0.5) is 4.39 Å². The van der Waals surface area contributed by atoms with E-state index in [0.717, 1.165) is 5.56 Å². The molecule has 0 aromatic heterocycles. The van der Waals surface area contributed by atoms with Crippen molar-refractivity contribution in [3.63, 3.8) is 0 Å². The van der Waals surface area contributed by atoms with Gasteiger partial charge in [-0.25, -0.2) is 22.5 Å². The molecule has 3 rings (SSSR count). The summed E-state index contributed by atoms with van der Waals surface area (Å²) in [7, 11) is -5.82. The van der Waals surface area contributed by atoms with Gasteiger partial charge in [0.25, 0.3) is 6.02 Å². The van der Waals surface area contributed by atoms with Gasteiger partial charge >= 0.3 is 0 Å². The highest BCUT2D eigenvalue weighted by atomic mass is 32.2. The van der Waals surface area contributed by atoms with E-state index < -0.39 is 41.1 Å². The second-order valence-electron chi connectivity index (χ2n) is 11.4. The van der Waals surface area contributed by atoms with Gasteiger partial charge in [-0.2, -0.15) is 0 Å². The predicted molar refractivity (Wildman–Crippen MR) is 145 cm³/mol. The highest BCUT2D eigenvalue weighted by molar-refractivity contribution is 7.90. The van der Waals surface area contributed by atoms with E-state index in [-0.39, 0.29) is 11.1 Å². The van der Waals surface area contributed by atoms with Crippen molar-refractivity contribution in [1.29, 1.82) is 0 Å². The Bertz CT molecular complexity index is 1180. The first-order valence-corrected chi connectivity index (χ1v) is 16.8. The van der Waals surface area contributed by atoms with Crippen molar-refractivity contribution in [2.75, 3.05) is 6.61 Å². The zero-order chi connectivity index (χ0) is 26.8. The average Bonchev–Trinajstić information content (AvgIpc) is 2.75. The van der Waals surface area contributed by atoms with E-state index in [2.05, 4.69) is 43.6 Å². The summed E-state index contributed by atoms with van der Waals surface area (Å²) in [6.45, 7) is 14.7. The van der Waals surface area contributed by atoms with Crippen LogP contribution in [0.2, 0.25) is 18.1 Å². The lowest BCUT2D eigenvalue weighted by atomic mass is 9.97. The molecule has 198 valence electrons. The molecule has 6 nitrogen and oxygen atoms in total. The van der Waals surface area contributed by atoms with Gasteiger partial charge in [0.1, 0.15) is 16.7 Å². The normalized spacial score (nSPS) is 21.4. The van der Waals surface area contributed by atoms with Gasteiger partial charge in [-0.15, -0.1) is 0 Å². The molecule has 1 N–H and O–H groups in total.